The minimum absolute atomic E-state index is 0.267. The van der Waals surface area contributed by atoms with E-state index in [1.165, 1.54) is 54.7 Å². The van der Waals surface area contributed by atoms with E-state index in [1.54, 1.807) is 7.11 Å². The van der Waals surface area contributed by atoms with Gasteiger partial charge in [-0.15, -0.1) is 0 Å². The van der Waals surface area contributed by atoms with Gasteiger partial charge in [0.1, 0.15) is 11.6 Å². The molecule has 0 saturated heterocycles. The van der Waals surface area contributed by atoms with Gasteiger partial charge >= 0.3 is 0 Å². The van der Waals surface area contributed by atoms with Gasteiger partial charge in [0.25, 0.3) is 5.91 Å². The number of aryl methyl sites for hydroxylation is 2. The molecule has 1 aliphatic carbocycles. The first kappa shape index (κ1) is 15.5. The molecule has 0 bridgehead atoms. The van der Waals surface area contributed by atoms with Gasteiger partial charge in [-0.05, 0) is 73.2 Å². The van der Waals surface area contributed by atoms with Crippen molar-refractivity contribution in [3.63, 3.8) is 0 Å². The van der Waals surface area contributed by atoms with Crippen LogP contribution in [-0.4, -0.2) is 13.0 Å². The molecule has 1 aliphatic rings. The van der Waals surface area contributed by atoms with Crippen molar-refractivity contribution in [2.24, 2.45) is 0 Å². The molecule has 3 rings (SSSR count). The number of methoxy groups -OCH3 is 1. The maximum atomic E-state index is 13.0. The molecule has 2 aromatic carbocycles. The first-order chi connectivity index (χ1) is 11.2. The number of benzene rings is 2. The number of carbonyl (C=O) groups is 1. The molecule has 0 radical (unpaired) electrons. The normalized spacial score (nSPS) is 13.8. The van der Waals surface area contributed by atoms with Gasteiger partial charge in [0.05, 0.1) is 12.8 Å². The third kappa shape index (κ3) is 3.52. The fourth-order valence-electron chi connectivity index (χ4n) is 3.00. The van der Waals surface area contributed by atoms with Gasteiger partial charge in [-0.1, -0.05) is 6.42 Å². The van der Waals surface area contributed by atoms with Crippen molar-refractivity contribution in [3.05, 3.63) is 58.9 Å². The number of carbonyl (C=O) groups excluding carboxylic acids is 1. The molecule has 4 heteroatoms. The first-order valence-corrected chi connectivity index (χ1v) is 7.94. The van der Waals surface area contributed by atoms with Crippen LogP contribution in [0.3, 0.4) is 0 Å². The number of ether oxygens (including phenoxy) is 1. The largest absolute Gasteiger partial charge is 0.495 e. The Balaban J connectivity index is 1.88. The van der Waals surface area contributed by atoms with E-state index < -0.39 is 0 Å². The average molecular weight is 313 g/mol. The number of rotatable bonds is 3. The smallest absolute Gasteiger partial charge is 0.255 e. The van der Waals surface area contributed by atoms with Gasteiger partial charge in [-0.2, -0.15) is 0 Å². The molecule has 120 valence electrons. The van der Waals surface area contributed by atoms with Crippen LogP contribution in [-0.2, 0) is 12.8 Å². The molecular weight excluding hydrogens is 293 g/mol. The first-order valence-electron chi connectivity index (χ1n) is 7.94. The number of halogens is 1. The summed E-state index contributed by atoms with van der Waals surface area (Å²) >= 11 is 0. The zero-order chi connectivity index (χ0) is 16.2. The van der Waals surface area contributed by atoms with Crippen LogP contribution in [0.1, 0.15) is 40.7 Å². The van der Waals surface area contributed by atoms with E-state index in [-0.39, 0.29) is 11.7 Å². The van der Waals surface area contributed by atoms with E-state index in [4.69, 9.17) is 4.74 Å². The molecule has 1 N–H and O–H groups in total. The van der Waals surface area contributed by atoms with E-state index >= 15 is 0 Å². The zero-order valence-corrected chi connectivity index (χ0v) is 13.2. The summed E-state index contributed by atoms with van der Waals surface area (Å²) in [7, 11) is 1.60. The number of hydrogen-bond acceptors (Lipinski definition) is 2. The Hall–Kier alpha value is -2.36. The van der Waals surface area contributed by atoms with Gasteiger partial charge in [0.15, 0.2) is 0 Å². The van der Waals surface area contributed by atoms with Crippen molar-refractivity contribution in [1.29, 1.82) is 0 Å². The topological polar surface area (TPSA) is 38.3 Å². The van der Waals surface area contributed by atoms with Crippen LogP contribution in [0.15, 0.2) is 36.4 Å². The Morgan fingerprint density at radius 3 is 2.35 bits per heavy atom. The summed E-state index contributed by atoms with van der Waals surface area (Å²) in [4.78, 5) is 12.3. The van der Waals surface area contributed by atoms with Gasteiger partial charge in [0, 0.05) is 5.56 Å². The maximum Gasteiger partial charge on any atom is 0.255 e. The number of anilines is 1. The monoisotopic (exact) mass is 313 g/mol. The molecule has 0 atom stereocenters. The summed E-state index contributed by atoms with van der Waals surface area (Å²) < 4.78 is 18.4. The van der Waals surface area contributed by atoms with Crippen LogP contribution >= 0.6 is 0 Å². The number of hydrogen-bond donors (Lipinski definition) is 1. The van der Waals surface area contributed by atoms with E-state index in [0.717, 1.165) is 12.8 Å². The van der Waals surface area contributed by atoms with Crippen molar-refractivity contribution in [2.45, 2.75) is 32.1 Å². The Morgan fingerprint density at radius 2 is 1.70 bits per heavy atom. The molecule has 1 amide bonds. The Bertz CT molecular complexity index is 710. The second-order valence-corrected chi connectivity index (χ2v) is 5.84. The molecule has 0 unspecified atom stereocenters. The SMILES string of the molecule is COc1cc2c(cc1NC(=O)c1ccc(F)cc1)CCCCC2. The van der Waals surface area contributed by atoms with E-state index in [2.05, 4.69) is 5.32 Å². The van der Waals surface area contributed by atoms with Crippen molar-refractivity contribution in [2.75, 3.05) is 12.4 Å². The third-order valence-corrected chi connectivity index (χ3v) is 4.27. The third-order valence-electron chi connectivity index (χ3n) is 4.27. The van der Waals surface area contributed by atoms with Gasteiger partial charge in [-0.3, -0.25) is 4.79 Å². The minimum Gasteiger partial charge on any atom is -0.495 e. The lowest BCUT2D eigenvalue weighted by atomic mass is 10.0. The molecule has 2 aromatic rings. The Kier molecular flexibility index (Phi) is 4.60. The molecule has 0 spiro atoms. The lowest BCUT2D eigenvalue weighted by molar-refractivity contribution is 0.102. The number of fused-ring (bicyclic) bond motifs is 1. The van der Waals surface area contributed by atoms with E-state index in [0.29, 0.717) is 17.0 Å². The van der Waals surface area contributed by atoms with E-state index in [1.807, 2.05) is 12.1 Å². The molecule has 0 saturated carbocycles. The van der Waals surface area contributed by atoms with Crippen LogP contribution in [0.5, 0.6) is 5.75 Å². The average Bonchev–Trinajstić information content (AvgIpc) is 2.79. The fourth-order valence-corrected chi connectivity index (χ4v) is 3.00. The Morgan fingerprint density at radius 1 is 1.04 bits per heavy atom. The summed E-state index contributed by atoms with van der Waals surface area (Å²) in [5.74, 6) is 0.0437. The predicted molar refractivity (Wildman–Crippen MR) is 88.6 cm³/mol. The highest BCUT2D eigenvalue weighted by Gasteiger charge is 2.15. The van der Waals surface area contributed by atoms with Crippen molar-refractivity contribution in [1.82, 2.24) is 0 Å². The Labute approximate surface area is 135 Å². The van der Waals surface area contributed by atoms with Crippen molar-refractivity contribution in [3.8, 4) is 5.75 Å². The lowest BCUT2D eigenvalue weighted by Gasteiger charge is -2.15. The molecular formula is C19H20FNO2. The second-order valence-electron chi connectivity index (χ2n) is 5.84. The summed E-state index contributed by atoms with van der Waals surface area (Å²) in [6, 6.07) is 9.55. The summed E-state index contributed by atoms with van der Waals surface area (Å²) in [6.07, 6.45) is 5.67. The fraction of sp³-hybridized carbons (Fsp3) is 0.316. The second kappa shape index (κ2) is 6.82. The van der Waals surface area contributed by atoms with Crippen molar-refractivity contribution >= 4 is 11.6 Å². The minimum atomic E-state index is -0.357. The lowest BCUT2D eigenvalue weighted by Crippen LogP contribution is -2.13. The number of amides is 1. The molecule has 3 nitrogen and oxygen atoms in total. The highest BCUT2D eigenvalue weighted by Crippen LogP contribution is 2.32. The van der Waals surface area contributed by atoms with Crippen LogP contribution in [0.2, 0.25) is 0 Å². The molecule has 0 aliphatic heterocycles. The zero-order valence-electron chi connectivity index (χ0n) is 13.2. The van der Waals surface area contributed by atoms with Crippen LogP contribution in [0.4, 0.5) is 10.1 Å². The summed E-state index contributed by atoms with van der Waals surface area (Å²) in [5, 5.41) is 2.88. The quantitative estimate of drug-likeness (QED) is 0.855. The maximum absolute atomic E-state index is 13.0. The summed E-state index contributed by atoms with van der Waals surface area (Å²) in [5.41, 5.74) is 3.67. The highest BCUT2D eigenvalue weighted by atomic mass is 19.1. The van der Waals surface area contributed by atoms with Gasteiger partial charge in [0.2, 0.25) is 0 Å². The molecule has 0 fully saturated rings. The van der Waals surface area contributed by atoms with Gasteiger partial charge in [-0.25, -0.2) is 4.39 Å². The molecule has 0 heterocycles. The van der Waals surface area contributed by atoms with Crippen LogP contribution in [0, 0.1) is 5.82 Å². The number of nitrogens with one attached hydrogen (secondary N) is 1. The standard InChI is InChI=1S/C19H20FNO2/c1-23-18-12-15-6-4-2-3-5-14(15)11-17(18)21-19(22)13-7-9-16(20)10-8-13/h7-12H,2-6H2,1H3,(H,21,22). The van der Waals surface area contributed by atoms with Gasteiger partial charge < -0.3 is 10.1 Å². The highest BCUT2D eigenvalue weighted by molar-refractivity contribution is 6.05. The van der Waals surface area contributed by atoms with Crippen molar-refractivity contribution < 1.29 is 13.9 Å². The molecule has 0 aromatic heterocycles. The van der Waals surface area contributed by atoms with E-state index in [9.17, 15) is 9.18 Å². The van der Waals surface area contributed by atoms with Crippen LogP contribution < -0.4 is 10.1 Å². The summed E-state index contributed by atoms with van der Waals surface area (Å²) in [6.45, 7) is 0. The molecule has 23 heavy (non-hydrogen) atoms. The van der Waals surface area contributed by atoms with Crippen LogP contribution in [0.25, 0.3) is 0 Å². The predicted octanol–water partition coefficient (Wildman–Crippen LogP) is 4.36.